The molecule has 3 aliphatic heterocycles. The minimum Gasteiger partial charge on any atom is -0.394 e. The zero-order chi connectivity index (χ0) is 50.6. The third kappa shape index (κ3) is 21.2. The van der Waals surface area contributed by atoms with Crippen LogP contribution in [0.15, 0.2) is 36.5 Å². The first-order valence-electron chi connectivity index (χ1n) is 25.7. The van der Waals surface area contributed by atoms with E-state index in [4.69, 9.17) is 28.4 Å². The number of hydrogen-bond donors (Lipinski definition) is 12. The summed E-state index contributed by atoms with van der Waals surface area (Å²) >= 11 is 0. The van der Waals surface area contributed by atoms with E-state index >= 15 is 0 Å². The number of aliphatic hydroxyl groups is 11. The van der Waals surface area contributed by atoms with Crippen LogP contribution in [0.4, 0.5) is 0 Å². The zero-order valence-corrected chi connectivity index (χ0v) is 41.0. The molecule has 17 unspecified atom stereocenters. The lowest BCUT2D eigenvalue weighted by molar-refractivity contribution is -0.379. The molecule has 0 aromatic rings. The van der Waals surface area contributed by atoms with E-state index in [1.54, 1.807) is 6.08 Å². The van der Waals surface area contributed by atoms with Crippen molar-refractivity contribution in [2.75, 3.05) is 26.4 Å². The lowest BCUT2D eigenvalue weighted by Gasteiger charge is -2.48. The Hall–Kier alpha value is -1.99. The summed E-state index contributed by atoms with van der Waals surface area (Å²) in [5.74, 6) is -0.306. The Morgan fingerprint density at radius 3 is 1.45 bits per heavy atom. The van der Waals surface area contributed by atoms with Crippen molar-refractivity contribution in [1.82, 2.24) is 5.32 Å². The van der Waals surface area contributed by atoms with Crippen molar-refractivity contribution in [2.24, 2.45) is 0 Å². The van der Waals surface area contributed by atoms with Gasteiger partial charge < -0.3 is 89.9 Å². The highest BCUT2D eigenvalue weighted by Gasteiger charge is 2.53. The highest BCUT2D eigenvalue weighted by Crippen LogP contribution is 2.33. The number of hydrogen-bond acceptors (Lipinski definition) is 18. The first-order valence-corrected chi connectivity index (χ1v) is 25.7. The minimum atomic E-state index is -1.98. The summed E-state index contributed by atoms with van der Waals surface area (Å²) in [4.78, 5) is 13.0. The van der Waals surface area contributed by atoms with Gasteiger partial charge in [-0.05, 0) is 44.9 Å². The highest BCUT2D eigenvalue weighted by atomic mass is 16.8. The number of carbonyl (C=O) groups is 1. The van der Waals surface area contributed by atoms with Crippen LogP contribution in [0.2, 0.25) is 0 Å². The molecule has 69 heavy (non-hydrogen) atoms. The Labute approximate surface area is 409 Å². The SMILES string of the molecule is CCCCCCCCCCC/C=C/CC/C=C/CC/C=C/C(O)C(COC1OC(CO)C(OC2OC(CO)C(OC3OC(CO)C(O)C(O)C3O)C(O)C2O)C(O)C1O)NC(=O)CCCCCCC. The van der Waals surface area contributed by atoms with Crippen LogP contribution in [-0.2, 0) is 33.2 Å². The van der Waals surface area contributed by atoms with Crippen LogP contribution in [0, 0.1) is 0 Å². The average molecular weight is 992 g/mol. The van der Waals surface area contributed by atoms with Crippen molar-refractivity contribution in [1.29, 1.82) is 0 Å². The first-order chi connectivity index (χ1) is 33.3. The maximum atomic E-state index is 13.0. The summed E-state index contributed by atoms with van der Waals surface area (Å²) in [6, 6.07) is -0.988. The maximum absolute atomic E-state index is 13.0. The molecule has 19 heteroatoms. The Balaban J connectivity index is 1.52. The van der Waals surface area contributed by atoms with Crippen molar-refractivity contribution < 1.29 is 89.4 Å². The Bertz CT molecular complexity index is 1420. The molecular weight excluding hydrogens is 903 g/mol. The number of amides is 1. The second-order valence-electron chi connectivity index (χ2n) is 18.6. The van der Waals surface area contributed by atoms with Crippen LogP contribution in [0.5, 0.6) is 0 Å². The van der Waals surface area contributed by atoms with E-state index in [0.717, 1.165) is 51.4 Å². The lowest BCUT2D eigenvalue weighted by atomic mass is 9.96. The number of aliphatic hydroxyl groups excluding tert-OH is 11. The Morgan fingerprint density at radius 1 is 0.507 bits per heavy atom. The molecule has 0 saturated carbocycles. The molecule has 0 aliphatic carbocycles. The van der Waals surface area contributed by atoms with Gasteiger partial charge in [0, 0.05) is 6.42 Å². The molecule has 0 spiro atoms. The molecule has 0 aromatic carbocycles. The van der Waals surface area contributed by atoms with Gasteiger partial charge in [0.2, 0.25) is 5.91 Å². The van der Waals surface area contributed by atoms with Gasteiger partial charge in [-0.25, -0.2) is 0 Å². The van der Waals surface area contributed by atoms with E-state index in [0.29, 0.717) is 12.8 Å². The molecule has 3 saturated heterocycles. The first kappa shape index (κ1) is 61.3. The van der Waals surface area contributed by atoms with Gasteiger partial charge in [-0.2, -0.15) is 0 Å². The molecule has 3 heterocycles. The van der Waals surface area contributed by atoms with E-state index in [2.05, 4.69) is 43.5 Å². The van der Waals surface area contributed by atoms with E-state index in [-0.39, 0.29) is 18.9 Å². The highest BCUT2D eigenvalue weighted by molar-refractivity contribution is 5.76. The molecule has 0 radical (unpaired) electrons. The standard InChI is InChI=1S/C50H89NO18/c1-3-5-7-9-10-11-12-13-14-15-16-17-18-19-20-21-22-24-25-27-34(55)33(51-38(56)28-26-23-8-6-4-2)32-64-48-44(62)41(59)46(36(30-53)66-48)69-50-45(63)42(60)47(37(31-54)67-50)68-49-43(61)40(58)39(57)35(29-52)65-49/h16-17,20-21,25,27,33-37,39-50,52-55,57-63H,3-15,18-19,22-24,26,28-32H2,1-2H3,(H,51,56)/b17-16+,21-20+,27-25+. The third-order valence-electron chi connectivity index (χ3n) is 12.9. The van der Waals surface area contributed by atoms with Gasteiger partial charge in [0.15, 0.2) is 18.9 Å². The number of rotatable bonds is 35. The van der Waals surface area contributed by atoms with E-state index in [1.807, 2.05) is 6.08 Å². The Kier molecular flexibility index (Phi) is 31.3. The predicted octanol–water partition coefficient (Wildman–Crippen LogP) is 1.81. The molecule has 3 rings (SSSR count). The van der Waals surface area contributed by atoms with Crippen molar-refractivity contribution in [3.8, 4) is 0 Å². The van der Waals surface area contributed by atoms with Gasteiger partial charge in [0.05, 0.1) is 38.6 Å². The quantitative estimate of drug-likeness (QED) is 0.0318. The number of unbranched alkanes of at least 4 members (excludes halogenated alkanes) is 15. The largest absolute Gasteiger partial charge is 0.394 e. The number of ether oxygens (including phenoxy) is 6. The molecule has 0 bridgehead atoms. The fourth-order valence-electron chi connectivity index (χ4n) is 8.57. The van der Waals surface area contributed by atoms with Crippen LogP contribution >= 0.6 is 0 Å². The van der Waals surface area contributed by atoms with E-state index < -0.39 is 124 Å². The summed E-state index contributed by atoms with van der Waals surface area (Å²) in [5, 5.41) is 119. The summed E-state index contributed by atoms with van der Waals surface area (Å²) in [6.07, 6.45) is 6.46. The molecular formula is C50H89NO18. The third-order valence-corrected chi connectivity index (χ3v) is 12.9. The van der Waals surface area contributed by atoms with Gasteiger partial charge >= 0.3 is 0 Å². The van der Waals surface area contributed by atoms with E-state index in [1.165, 1.54) is 57.8 Å². The molecule has 3 fully saturated rings. The predicted molar refractivity (Wildman–Crippen MR) is 254 cm³/mol. The van der Waals surface area contributed by atoms with Crippen LogP contribution in [0.1, 0.15) is 142 Å². The summed E-state index contributed by atoms with van der Waals surface area (Å²) in [5.41, 5.74) is 0. The second-order valence-corrected chi connectivity index (χ2v) is 18.6. The van der Waals surface area contributed by atoms with Crippen molar-refractivity contribution in [3.05, 3.63) is 36.5 Å². The molecule has 3 aliphatic rings. The smallest absolute Gasteiger partial charge is 0.220 e. The van der Waals surface area contributed by atoms with Gasteiger partial charge in [0.25, 0.3) is 0 Å². The Morgan fingerprint density at radius 2 is 0.928 bits per heavy atom. The second kappa shape index (κ2) is 35.2. The average Bonchev–Trinajstić information content (AvgIpc) is 3.34. The number of nitrogens with one attached hydrogen (secondary N) is 1. The van der Waals surface area contributed by atoms with Crippen molar-refractivity contribution in [2.45, 2.75) is 247 Å². The molecule has 0 aromatic heterocycles. The molecule has 19 nitrogen and oxygen atoms in total. The number of carbonyl (C=O) groups excluding carboxylic acids is 1. The van der Waals surface area contributed by atoms with Crippen LogP contribution in [0.3, 0.4) is 0 Å². The monoisotopic (exact) mass is 992 g/mol. The van der Waals surface area contributed by atoms with Gasteiger partial charge in [-0.1, -0.05) is 127 Å². The maximum Gasteiger partial charge on any atom is 0.220 e. The van der Waals surface area contributed by atoms with Gasteiger partial charge in [-0.15, -0.1) is 0 Å². The lowest BCUT2D eigenvalue weighted by Crippen LogP contribution is -2.66. The topological polar surface area (TPSA) is 307 Å². The molecule has 1 amide bonds. The normalized spacial score (nSPS) is 33.1. The molecule has 12 N–H and O–H groups in total. The zero-order valence-electron chi connectivity index (χ0n) is 41.0. The van der Waals surface area contributed by atoms with Crippen LogP contribution in [-0.4, -0.2) is 193 Å². The fraction of sp³-hybridized carbons (Fsp3) is 0.860. The van der Waals surface area contributed by atoms with Crippen LogP contribution < -0.4 is 5.32 Å². The number of allylic oxidation sites excluding steroid dienone is 5. The van der Waals surface area contributed by atoms with Crippen molar-refractivity contribution >= 4 is 5.91 Å². The van der Waals surface area contributed by atoms with Crippen molar-refractivity contribution in [3.63, 3.8) is 0 Å². The fourth-order valence-corrected chi connectivity index (χ4v) is 8.57. The minimum absolute atomic E-state index is 0.226. The summed E-state index contributed by atoms with van der Waals surface area (Å²) in [6.45, 7) is 1.54. The summed E-state index contributed by atoms with van der Waals surface area (Å²) in [7, 11) is 0. The molecule has 402 valence electrons. The summed E-state index contributed by atoms with van der Waals surface area (Å²) < 4.78 is 34.0. The van der Waals surface area contributed by atoms with Gasteiger partial charge in [-0.3, -0.25) is 4.79 Å². The van der Waals surface area contributed by atoms with Crippen LogP contribution in [0.25, 0.3) is 0 Å². The molecule has 17 atom stereocenters. The van der Waals surface area contributed by atoms with E-state index in [9.17, 15) is 61.0 Å². The van der Waals surface area contributed by atoms with Gasteiger partial charge in [0.1, 0.15) is 73.2 Å².